The number of nitrogens with zero attached hydrogens (tertiary/aromatic N) is 4. The monoisotopic (exact) mass is 497 g/mol. The molecule has 1 aliphatic rings. The van der Waals surface area contributed by atoms with Crippen LogP contribution in [0.3, 0.4) is 0 Å². The van der Waals surface area contributed by atoms with Crippen molar-refractivity contribution in [3.63, 3.8) is 0 Å². The molecule has 6 nitrogen and oxygen atoms in total. The minimum atomic E-state index is 0. The molecule has 1 aliphatic heterocycles. The molecule has 0 bridgehead atoms. The smallest absolute Gasteiger partial charge is 0.194 e. The van der Waals surface area contributed by atoms with E-state index in [1.807, 2.05) is 23.1 Å². The Morgan fingerprint density at radius 1 is 1.21 bits per heavy atom. The van der Waals surface area contributed by atoms with Crippen LogP contribution in [0.5, 0.6) is 0 Å². The SMILES string of the molecule is CCNC(=NCc1cccc(Cn2cccn2)c1)N1CCC(OCC)CC1.I. The third-order valence-electron chi connectivity index (χ3n) is 4.79. The molecule has 0 aliphatic carbocycles. The first-order valence-electron chi connectivity index (χ1n) is 9.98. The van der Waals surface area contributed by atoms with Gasteiger partial charge in [0.05, 0.1) is 19.2 Å². The van der Waals surface area contributed by atoms with Crippen LogP contribution in [0.1, 0.15) is 37.8 Å². The molecule has 0 amide bonds. The number of aromatic nitrogens is 2. The van der Waals surface area contributed by atoms with Gasteiger partial charge in [-0.2, -0.15) is 5.10 Å². The highest BCUT2D eigenvalue weighted by Crippen LogP contribution is 2.14. The van der Waals surface area contributed by atoms with E-state index in [9.17, 15) is 0 Å². The highest BCUT2D eigenvalue weighted by molar-refractivity contribution is 14.0. The number of hydrogen-bond donors (Lipinski definition) is 1. The number of piperidine rings is 1. The molecule has 0 radical (unpaired) electrons. The van der Waals surface area contributed by atoms with Crippen molar-refractivity contribution in [3.05, 3.63) is 53.9 Å². The third kappa shape index (κ3) is 6.77. The van der Waals surface area contributed by atoms with Gasteiger partial charge in [-0.1, -0.05) is 24.3 Å². The summed E-state index contributed by atoms with van der Waals surface area (Å²) in [5.41, 5.74) is 2.47. The lowest BCUT2D eigenvalue weighted by Gasteiger charge is -2.34. The summed E-state index contributed by atoms with van der Waals surface area (Å²) < 4.78 is 7.70. The Labute approximate surface area is 185 Å². The van der Waals surface area contributed by atoms with Gasteiger partial charge >= 0.3 is 0 Å². The first-order valence-corrected chi connectivity index (χ1v) is 9.98. The number of benzene rings is 1. The molecule has 0 spiro atoms. The molecule has 3 rings (SSSR count). The highest BCUT2D eigenvalue weighted by Gasteiger charge is 2.21. The molecule has 2 heterocycles. The van der Waals surface area contributed by atoms with E-state index in [0.717, 1.165) is 51.6 Å². The van der Waals surface area contributed by atoms with Crippen LogP contribution >= 0.6 is 24.0 Å². The summed E-state index contributed by atoms with van der Waals surface area (Å²) in [6.07, 6.45) is 6.33. The van der Waals surface area contributed by atoms with Crippen LogP contribution in [-0.4, -0.2) is 53.0 Å². The summed E-state index contributed by atoms with van der Waals surface area (Å²) in [5, 5.41) is 7.72. The number of halogens is 1. The van der Waals surface area contributed by atoms with Crippen LogP contribution in [0.25, 0.3) is 0 Å². The molecule has 7 heteroatoms. The van der Waals surface area contributed by atoms with Gasteiger partial charge in [0.25, 0.3) is 0 Å². The minimum absolute atomic E-state index is 0. The summed E-state index contributed by atoms with van der Waals surface area (Å²) in [6.45, 7) is 9.32. The summed E-state index contributed by atoms with van der Waals surface area (Å²) in [5.74, 6) is 1.00. The van der Waals surface area contributed by atoms with Gasteiger partial charge in [0.1, 0.15) is 0 Å². The molecule has 1 aromatic heterocycles. The van der Waals surface area contributed by atoms with E-state index in [2.05, 4.69) is 53.4 Å². The summed E-state index contributed by atoms with van der Waals surface area (Å²) in [7, 11) is 0. The van der Waals surface area contributed by atoms with Gasteiger partial charge in [0.15, 0.2) is 5.96 Å². The number of ether oxygens (including phenoxy) is 1. The van der Waals surface area contributed by atoms with E-state index >= 15 is 0 Å². The molecule has 2 aromatic rings. The normalized spacial score (nSPS) is 15.4. The van der Waals surface area contributed by atoms with Gasteiger partial charge in [-0.15, -0.1) is 24.0 Å². The fourth-order valence-electron chi connectivity index (χ4n) is 3.47. The molecular weight excluding hydrogens is 465 g/mol. The van der Waals surface area contributed by atoms with Crippen LogP contribution in [0.15, 0.2) is 47.7 Å². The maximum atomic E-state index is 5.76. The number of nitrogens with one attached hydrogen (secondary N) is 1. The van der Waals surface area contributed by atoms with Gasteiger partial charge in [-0.05, 0) is 43.9 Å². The third-order valence-corrected chi connectivity index (χ3v) is 4.79. The number of rotatable bonds is 7. The van der Waals surface area contributed by atoms with E-state index in [1.165, 1.54) is 11.1 Å². The number of hydrogen-bond acceptors (Lipinski definition) is 3. The topological polar surface area (TPSA) is 54.7 Å². The van der Waals surface area contributed by atoms with Gasteiger partial charge in [-0.3, -0.25) is 4.68 Å². The lowest BCUT2D eigenvalue weighted by atomic mass is 10.1. The summed E-state index contributed by atoms with van der Waals surface area (Å²) in [6, 6.07) is 10.5. The van der Waals surface area contributed by atoms with Crippen LogP contribution < -0.4 is 5.32 Å². The summed E-state index contributed by atoms with van der Waals surface area (Å²) in [4.78, 5) is 7.24. The van der Waals surface area contributed by atoms with E-state index < -0.39 is 0 Å². The molecular formula is C21H32IN5O. The predicted molar refractivity (Wildman–Crippen MR) is 124 cm³/mol. The molecule has 0 atom stereocenters. The van der Waals surface area contributed by atoms with E-state index in [4.69, 9.17) is 9.73 Å². The quantitative estimate of drug-likeness (QED) is 0.362. The van der Waals surface area contributed by atoms with Crippen molar-refractivity contribution in [2.45, 2.75) is 45.9 Å². The van der Waals surface area contributed by atoms with Crippen molar-refractivity contribution in [2.24, 2.45) is 4.99 Å². The minimum Gasteiger partial charge on any atom is -0.378 e. The Hall–Kier alpha value is -1.61. The van der Waals surface area contributed by atoms with Crippen LogP contribution in [0.2, 0.25) is 0 Å². The Morgan fingerprint density at radius 2 is 2.00 bits per heavy atom. The maximum Gasteiger partial charge on any atom is 0.194 e. The van der Waals surface area contributed by atoms with Crippen molar-refractivity contribution in [1.29, 1.82) is 0 Å². The zero-order valence-electron chi connectivity index (χ0n) is 16.9. The number of aliphatic imine (C=N–C) groups is 1. The molecule has 1 aromatic carbocycles. The Balaban J connectivity index is 0.00000280. The van der Waals surface area contributed by atoms with Crippen LogP contribution in [-0.2, 0) is 17.8 Å². The van der Waals surface area contributed by atoms with E-state index in [-0.39, 0.29) is 24.0 Å². The van der Waals surface area contributed by atoms with Crippen molar-refractivity contribution in [1.82, 2.24) is 20.0 Å². The molecule has 154 valence electrons. The van der Waals surface area contributed by atoms with Gasteiger partial charge in [-0.25, -0.2) is 4.99 Å². The largest absolute Gasteiger partial charge is 0.378 e. The van der Waals surface area contributed by atoms with Crippen molar-refractivity contribution < 1.29 is 4.74 Å². The molecule has 28 heavy (non-hydrogen) atoms. The van der Waals surface area contributed by atoms with Crippen LogP contribution in [0.4, 0.5) is 0 Å². The first kappa shape index (κ1) is 22.7. The van der Waals surface area contributed by atoms with Gasteiger partial charge < -0.3 is 15.0 Å². The Morgan fingerprint density at radius 3 is 2.68 bits per heavy atom. The molecule has 0 unspecified atom stereocenters. The average Bonchev–Trinajstić information content (AvgIpc) is 3.19. The predicted octanol–water partition coefficient (Wildman–Crippen LogP) is 3.52. The number of guanidine groups is 1. The zero-order valence-corrected chi connectivity index (χ0v) is 19.2. The second-order valence-electron chi connectivity index (χ2n) is 6.84. The second-order valence-corrected chi connectivity index (χ2v) is 6.84. The fourth-order valence-corrected chi connectivity index (χ4v) is 3.47. The van der Waals surface area contributed by atoms with Crippen molar-refractivity contribution in [3.8, 4) is 0 Å². The lowest BCUT2D eigenvalue weighted by molar-refractivity contribution is 0.0263. The van der Waals surface area contributed by atoms with Crippen molar-refractivity contribution >= 4 is 29.9 Å². The zero-order chi connectivity index (χ0) is 18.9. The van der Waals surface area contributed by atoms with E-state index in [0.29, 0.717) is 12.6 Å². The average molecular weight is 497 g/mol. The van der Waals surface area contributed by atoms with Crippen LogP contribution in [0, 0.1) is 0 Å². The molecule has 0 saturated carbocycles. The second kappa shape index (κ2) is 12.1. The van der Waals surface area contributed by atoms with Gasteiger partial charge in [0.2, 0.25) is 0 Å². The lowest BCUT2D eigenvalue weighted by Crippen LogP contribution is -2.47. The maximum absolute atomic E-state index is 5.76. The Bertz CT molecular complexity index is 711. The highest BCUT2D eigenvalue weighted by atomic mass is 127. The van der Waals surface area contributed by atoms with E-state index in [1.54, 1.807) is 0 Å². The first-order chi connectivity index (χ1) is 13.3. The summed E-state index contributed by atoms with van der Waals surface area (Å²) >= 11 is 0. The number of likely N-dealkylation sites (tertiary alicyclic amines) is 1. The molecule has 1 N–H and O–H groups in total. The Kier molecular flexibility index (Phi) is 9.77. The fraction of sp³-hybridized carbons (Fsp3) is 0.524. The van der Waals surface area contributed by atoms with Gasteiger partial charge in [0, 0.05) is 38.6 Å². The molecule has 1 saturated heterocycles. The van der Waals surface area contributed by atoms with Crippen molar-refractivity contribution in [2.75, 3.05) is 26.2 Å². The molecule has 1 fully saturated rings. The standard InChI is InChI=1S/C21H31N5O.HI/c1-3-22-21(25-13-9-20(10-14-25)27-4-2)23-16-18-7-5-8-19(15-18)17-26-12-6-11-24-26;/h5-8,11-12,15,20H,3-4,9-10,13-14,16-17H2,1-2H3,(H,22,23);1H.